The van der Waals surface area contributed by atoms with E-state index in [9.17, 15) is 0 Å². The van der Waals surface area contributed by atoms with Crippen LogP contribution in [0.1, 0.15) is 37.6 Å². The molecule has 2 nitrogen and oxygen atoms in total. The Bertz CT molecular complexity index is 347. The molecule has 0 radical (unpaired) electrons. The molecule has 1 aliphatic heterocycles. The average molecular weight is 317 g/mol. The van der Waals surface area contributed by atoms with E-state index < -0.39 is 0 Å². The first-order valence-electron chi connectivity index (χ1n) is 6.39. The summed E-state index contributed by atoms with van der Waals surface area (Å²) < 4.78 is 1.23. The minimum atomic E-state index is 0.439. The molecule has 96 valence electrons. The van der Waals surface area contributed by atoms with E-state index in [1.54, 1.807) is 0 Å². The Labute approximate surface area is 117 Å². The number of nitrogens with zero attached hydrogens (tertiary/aromatic N) is 1. The van der Waals surface area contributed by atoms with Crippen molar-refractivity contribution >= 4 is 27.3 Å². The molecule has 1 aliphatic rings. The minimum Gasteiger partial charge on any atom is -0.308 e. The van der Waals surface area contributed by atoms with Gasteiger partial charge in [-0.25, -0.2) is 0 Å². The summed E-state index contributed by atoms with van der Waals surface area (Å²) in [6.45, 7) is 8.20. The standard InChI is InChI=1S/C13H21BrN2S/c1-10(16-6-3-4-7-16)9-15-11(2)13-12(14)5-8-17-13/h5,8,10-11,15H,3-4,6-7,9H2,1-2H3. The number of hydrogen-bond donors (Lipinski definition) is 1. The molecule has 1 aromatic rings. The first kappa shape index (κ1) is 13.5. The highest BCUT2D eigenvalue weighted by Crippen LogP contribution is 2.28. The Morgan fingerprint density at radius 1 is 1.41 bits per heavy atom. The van der Waals surface area contributed by atoms with Gasteiger partial charge in [0.25, 0.3) is 0 Å². The van der Waals surface area contributed by atoms with Gasteiger partial charge in [0, 0.05) is 28.0 Å². The summed E-state index contributed by atoms with van der Waals surface area (Å²) >= 11 is 5.42. The van der Waals surface area contributed by atoms with Crippen molar-refractivity contribution in [3.05, 3.63) is 20.8 Å². The van der Waals surface area contributed by atoms with Gasteiger partial charge in [0.05, 0.1) is 0 Å². The first-order valence-corrected chi connectivity index (χ1v) is 8.06. The largest absolute Gasteiger partial charge is 0.308 e. The van der Waals surface area contributed by atoms with Crippen molar-refractivity contribution in [1.29, 1.82) is 0 Å². The average Bonchev–Trinajstić information content (AvgIpc) is 2.95. The van der Waals surface area contributed by atoms with Crippen LogP contribution in [0.15, 0.2) is 15.9 Å². The second-order valence-corrected chi connectivity index (χ2v) is 6.66. The van der Waals surface area contributed by atoms with Crippen molar-refractivity contribution in [2.75, 3.05) is 19.6 Å². The summed E-state index contributed by atoms with van der Waals surface area (Å²) in [6.07, 6.45) is 2.74. The smallest absolute Gasteiger partial charge is 0.0398 e. The van der Waals surface area contributed by atoms with E-state index in [1.165, 1.54) is 35.3 Å². The lowest BCUT2D eigenvalue weighted by Crippen LogP contribution is -2.39. The maximum absolute atomic E-state index is 3.64. The van der Waals surface area contributed by atoms with Crippen molar-refractivity contribution in [2.45, 2.75) is 38.8 Å². The van der Waals surface area contributed by atoms with Gasteiger partial charge < -0.3 is 5.32 Å². The maximum Gasteiger partial charge on any atom is 0.0398 e. The molecule has 1 saturated heterocycles. The number of nitrogens with one attached hydrogen (secondary N) is 1. The molecule has 1 aromatic heterocycles. The molecule has 0 spiro atoms. The van der Waals surface area contributed by atoms with Crippen LogP contribution in [0.2, 0.25) is 0 Å². The molecule has 1 N–H and O–H groups in total. The lowest BCUT2D eigenvalue weighted by Gasteiger charge is -2.25. The molecular weight excluding hydrogens is 296 g/mol. The lowest BCUT2D eigenvalue weighted by atomic mass is 10.2. The van der Waals surface area contributed by atoms with E-state index in [-0.39, 0.29) is 0 Å². The van der Waals surface area contributed by atoms with E-state index in [2.05, 4.69) is 51.4 Å². The second-order valence-electron chi connectivity index (χ2n) is 4.85. The van der Waals surface area contributed by atoms with Gasteiger partial charge in [-0.15, -0.1) is 11.3 Å². The van der Waals surface area contributed by atoms with Gasteiger partial charge >= 0.3 is 0 Å². The predicted molar refractivity (Wildman–Crippen MR) is 78.7 cm³/mol. The SMILES string of the molecule is CC(NCC(C)N1CCCC1)c1sccc1Br. The van der Waals surface area contributed by atoms with Gasteiger partial charge in [-0.05, 0) is 67.2 Å². The summed E-state index contributed by atoms with van der Waals surface area (Å²) in [5, 5.41) is 5.78. The highest BCUT2D eigenvalue weighted by atomic mass is 79.9. The van der Waals surface area contributed by atoms with Gasteiger partial charge in [-0.2, -0.15) is 0 Å². The molecular formula is C13H21BrN2S. The zero-order chi connectivity index (χ0) is 12.3. The number of thiophene rings is 1. The summed E-state index contributed by atoms with van der Waals surface area (Å²) in [4.78, 5) is 3.99. The monoisotopic (exact) mass is 316 g/mol. The zero-order valence-electron chi connectivity index (χ0n) is 10.6. The zero-order valence-corrected chi connectivity index (χ0v) is 13.0. The molecule has 4 heteroatoms. The quantitative estimate of drug-likeness (QED) is 0.892. The number of likely N-dealkylation sites (tertiary alicyclic amines) is 1. The Hall–Kier alpha value is 0.100. The Morgan fingerprint density at radius 2 is 2.12 bits per heavy atom. The van der Waals surface area contributed by atoms with Crippen molar-refractivity contribution in [2.24, 2.45) is 0 Å². The van der Waals surface area contributed by atoms with E-state index in [4.69, 9.17) is 0 Å². The van der Waals surface area contributed by atoms with E-state index in [1.807, 2.05) is 11.3 Å². The molecule has 17 heavy (non-hydrogen) atoms. The third kappa shape index (κ3) is 3.53. The van der Waals surface area contributed by atoms with Crippen LogP contribution in [0.25, 0.3) is 0 Å². The second kappa shape index (κ2) is 6.32. The van der Waals surface area contributed by atoms with Crippen LogP contribution in [0.4, 0.5) is 0 Å². The van der Waals surface area contributed by atoms with Gasteiger partial charge in [-0.1, -0.05) is 0 Å². The third-order valence-corrected chi connectivity index (χ3v) is 5.58. The number of hydrogen-bond acceptors (Lipinski definition) is 3. The summed E-state index contributed by atoms with van der Waals surface area (Å²) in [5.74, 6) is 0. The maximum atomic E-state index is 3.64. The highest BCUT2D eigenvalue weighted by molar-refractivity contribution is 9.10. The summed E-state index contributed by atoms with van der Waals surface area (Å²) in [7, 11) is 0. The number of rotatable bonds is 5. The fourth-order valence-electron chi connectivity index (χ4n) is 2.37. The van der Waals surface area contributed by atoms with Crippen molar-refractivity contribution < 1.29 is 0 Å². The molecule has 2 unspecified atom stereocenters. The Kier molecular flexibility index (Phi) is 5.03. The Morgan fingerprint density at radius 3 is 2.71 bits per heavy atom. The number of halogens is 1. The fourth-order valence-corrected chi connectivity index (χ4v) is 4.12. The molecule has 0 bridgehead atoms. The van der Waals surface area contributed by atoms with Crippen LogP contribution in [0, 0.1) is 0 Å². The van der Waals surface area contributed by atoms with Gasteiger partial charge in [0.1, 0.15) is 0 Å². The van der Waals surface area contributed by atoms with Crippen LogP contribution in [-0.2, 0) is 0 Å². The molecule has 2 atom stereocenters. The third-order valence-electron chi connectivity index (χ3n) is 3.52. The van der Waals surface area contributed by atoms with Crippen LogP contribution in [0.3, 0.4) is 0 Å². The van der Waals surface area contributed by atoms with E-state index in [0.717, 1.165) is 6.54 Å². The van der Waals surface area contributed by atoms with Crippen LogP contribution >= 0.6 is 27.3 Å². The highest BCUT2D eigenvalue weighted by Gasteiger charge is 2.19. The molecule has 0 aliphatic carbocycles. The molecule has 0 amide bonds. The molecule has 0 aromatic carbocycles. The van der Waals surface area contributed by atoms with E-state index >= 15 is 0 Å². The normalized spacial score (nSPS) is 20.6. The fraction of sp³-hybridized carbons (Fsp3) is 0.692. The van der Waals surface area contributed by atoms with Crippen LogP contribution in [-0.4, -0.2) is 30.6 Å². The Balaban J connectivity index is 1.79. The minimum absolute atomic E-state index is 0.439. The summed E-state index contributed by atoms with van der Waals surface area (Å²) in [5.41, 5.74) is 0. The molecule has 2 rings (SSSR count). The molecule has 0 saturated carbocycles. The molecule has 1 fully saturated rings. The lowest BCUT2D eigenvalue weighted by molar-refractivity contribution is 0.247. The van der Waals surface area contributed by atoms with Crippen molar-refractivity contribution in [3.8, 4) is 0 Å². The van der Waals surface area contributed by atoms with Crippen LogP contribution in [0.5, 0.6) is 0 Å². The van der Waals surface area contributed by atoms with Crippen LogP contribution < -0.4 is 5.32 Å². The van der Waals surface area contributed by atoms with Gasteiger partial charge in [0.15, 0.2) is 0 Å². The molecule has 2 heterocycles. The predicted octanol–water partition coefficient (Wildman–Crippen LogP) is 3.65. The van der Waals surface area contributed by atoms with Gasteiger partial charge in [-0.3, -0.25) is 4.90 Å². The van der Waals surface area contributed by atoms with Gasteiger partial charge in [0.2, 0.25) is 0 Å². The topological polar surface area (TPSA) is 15.3 Å². The first-order chi connectivity index (χ1) is 8.18. The summed E-state index contributed by atoms with van der Waals surface area (Å²) in [6, 6.07) is 3.22. The van der Waals surface area contributed by atoms with Crippen molar-refractivity contribution in [1.82, 2.24) is 10.2 Å². The van der Waals surface area contributed by atoms with Crippen molar-refractivity contribution in [3.63, 3.8) is 0 Å². The van der Waals surface area contributed by atoms with E-state index in [0.29, 0.717) is 12.1 Å².